The lowest BCUT2D eigenvalue weighted by Gasteiger charge is -2.14. The van der Waals surface area contributed by atoms with Gasteiger partial charge in [-0.15, -0.1) is 0 Å². The van der Waals surface area contributed by atoms with E-state index in [1.807, 2.05) is 37.3 Å². The molecule has 0 spiro atoms. The van der Waals surface area contributed by atoms with E-state index in [1.54, 1.807) is 18.2 Å². The first kappa shape index (κ1) is 17.3. The minimum absolute atomic E-state index is 0.0941. The zero-order valence-corrected chi connectivity index (χ0v) is 14.4. The molecule has 118 valence electrons. The summed E-state index contributed by atoms with van der Waals surface area (Å²) in [7, 11) is -3.45. The predicted octanol–water partition coefficient (Wildman–Crippen LogP) is 4.22. The maximum atomic E-state index is 12.2. The van der Waals surface area contributed by atoms with Gasteiger partial charge in [0, 0.05) is 16.6 Å². The monoisotopic (exact) mass is 357 g/mol. The summed E-state index contributed by atoms with van der Waals surface area (Å²) in [5.74, 6) is -0.0681. The highest BCUT2D eigenvalue weighted by Crippen LogP contribution is 2.22. The van der Waals surface area contributed by atoms with E-state index in [0.29, 0.717) is 22.2 Å². The second kappa shape index (κ2) is 7.47. The molecule has 6 heteroatoms. The Balaban J connectivity index is 1.99. The van der Waals surface area contributed by atoms with Crippen molar-refractivity contribution in [2.24, 2.45) is 0 Å². The topological polar surface area (TPSA) is 46.2 Å². The van der Waals surface area contributed by atoms with Crippen LogP contribution in [0, 0.1) is 0 Å². The van der Waals surface area contributed by atoms with Gasteiger partial charge in [-0.05, 0) is 29.2 Å². The fourth-order valence-corrected chi connectivity index (χ4v) is 3.87. The van der Waals surface area contributed by atoms with E-state index in [9.17, 15) is 8.42 Å². The molecular formula is C16H17Cl2NO2S. The Morgan fingerprint density at radius 2 is 1.77 bits per heavy atom. The van der Waals surface area contributed by atoms with E-state index in [1.165, 1.54) is 0 Å². The van der Waals surface area contributed by atoms with E-state index in [2.05, 4.69) is 4.72 Å². The van der Waals surface area contributed by atoms with Crippen molar-refractivity contribution < 1.29 is 8.42 Å². The van der Waals surface area contributed by atoms with Crippen molar-refractivity contribution in [2.75, 3.05) is 6.54 Å². The first-order valence-electron chi connectivity index (χ1n) is 6.83. The lowest BCUT2D eigenvalue weighted by atomic mass is 10.0. The molecule has 0 bridgehead atoms. The summed E-state index contributed by atoms with van der Waals surface area (Å²) in [6.45, 7) is 2.32. The van der Waals surface area contributed by atoms with Gasteiger partial charge >= 0.3 is 0 Å². The Morgan fingerprint density at radius 1 is 1.09 bits per heavy atom. The van der Waals surface area contributed by atoms with Crippen LogP contribution < -0.4 is 4.72 Å². The summed E-state index contributed by atoms with van der Waals surface area (Å²) in [5, 5.41) is 0.839. The zero-order valence-electron chi connectivity index (χ0n) is 12.1. The van der Waals surface area contributed by atoms with Crippen LogP contribution in [-0.4, -0.2) is 15.0 Å². The fourth-order valence-electron chi connectivity index (χ4n) is 2.05. The second-order valence-corrected chi connectivity index (χ2v) is 7.81. The Morgan fingerprint density at radius 3 is 2.41 bits per heavy atom. The van der Waals surface area contributed by atoms with Crippen LogP contribution >= 0.6 is 23.2 Å². The summed E-state index contributed by atoms with van der Waals surface area (Å²) < 4.78 is 27.0. The van der Waals surface area contributed by atoms with Gasteiger partial charge in [0.25, 0.3) is 0 Å². The van der Waals surface area contributed by atoms with Crippen molar-refractivity contribution in [1.82, 2.24) is 4.72 Å². The van der Waals surface area contributed by atoms with E-state index in [0.717, 1.165) is 5.56 Å². The summed E-state index contributed by atoms with van der Waals surface area (Å²) in [6, 6.07) is 14.6. The molecule has 0 aliphatic heterocycles. The van der Waals surface area contributed by atoms with Gasteiger partial charge < -0.3 is 0 Å². The Bertz CT molecular complexity index is 733. The molecule has 1 atom stereocenters. The molecule has 0 aliphatic carbocycles. The van der Waals surface area contributed by atoms with Gasteiger partial charge in [-0.2, -0.15) is 0 Å². The third kappa shape index (κ3) is 4.99. The molecule has 0 unspecified atom stereocenters. The van der Waals surface area contributed by atoms with Crippen molar-refractivity contribution in [1.29, 1.82) is 0 Å². The average molecular weight is 358 g/mol. The van der Waals surface area contributed by atoms with Gasteiger partial charge in [-0.25, -0.2) is 13.1 Å². The number of halogens is 2. The van der Waals surface area contributed by atoms with Crippen LogP contribution in [0.4, 0.5) is 0 Å². The van der Waals surface area contributed by atoms with Crippen molar-refractivity contribution in [3.63, 3.8) is 0 Å². The number of hydrogen-bond acceptors (Lipinski definition) is 2. The molecule has 0 aliphatic rings. The van der Waals surface area contributed by atoms with Crippen molar-refractivity contribution in [2.45, 2.75) is 18.6 Å². The number of nitrogens with one attached hydrogen (secondary N) is 1. The van der Waals surface area contributed by atoms with Crippen LogP contribution in [0.2, 0.25) is 10.0 Å². The van der Waals surface area contributed by atoms with Crippen LogP contribution in [0.1, 0.15) is 24.0 Å². The zero-order chi connectivity index (χ0) is 16.2. The van der Waals surface area contributed by atoms with Gasteiger partial charge in [-0.1, -0.05) is 66.5 Å². The largest absolute Gasteiger partial charge is 0.215 e. The van der Waals surface area contributed by atoms with Gasteiger partial charge in [0.05, 0.1) is 5.75 Å². The molecule has 0 saturated carbocycles. The van der Waals surface area contributed by atoms with E-state index >= 15 is 0 Å². The van der Waals surface area contributed by atoms with E-state index in [4.69, 9.17) is 23.2 Å². The molecule has 0 aromatic heterocycles. The molecule has 0 radical (unpaired) electrons. The van der Waals surface area contributed by atoms with Crippen LogP contribution in [-0.2, 0) is 15.8 Å². The minimum Gasteiger partial charge on any atom is -0.214 e. The summed E-state index contributed by atoms with van der Waals surface area (Å²) >= 11 is 11.8. The maximum Gasteiger partial charge on any atom is 0.215 e. The lowest BCUT2D eigenvalue weighted by Crippen LogP contribution is -2.29. The number of hydrogen-bond donors (Lipinski definition) is 1. The van der Waals surface area contributed by atoms with Crippen LogP contribution in [0.15, 0.2) is 48.5 Å². The summed E-state index contributed by atoms with van der Waals surface area (Å²) in [5.41, 5.74) is 1.63. The van der Waals surface area contributed by atoms with Crippen LogP contribution in [0.3, 0.4) is 0 Å². The highest BCUT2D eigenvalue weighted by molar-refractivity contribution is 7.88. The Labute approximate surface area is 141 Å². The van der Waals surface area contributed by atoms with E-state index in [-0.39, 0.29) is 11.7 Å². The van der Waals surface area contributed by atoms with Crippen molar-refractivity contribution in [3.8, 4) is 0 Å². The number of sulfonamides is 1. The number of benzene rings is 2. The summed E-state index contributed by atoms with van der Waals surface area (Å²) in [4.78, 5) is 0. The van der Waals surface area contributed by atoms with E-state index < -0.39 is 10.0 Å². The molecule has 2 rings (SSSR count). The Hall–Kier alpha value is -1.07. The molecule has 1 N–H and O–H groups in total. The third-order valence-electron chi connectivity index (χ3n) is 3.34. The molecule has 3 nitrogen and oxygen atoms in total. The molecule has 0 fully saturated rings. The highest BCUT2D eigenvalue weighted by atomic mass is 35.5. The van der Waals surface area contributed by atoms with Crippen LogP contribution in [0.5, 0.6) is 0 Å². The van der Waals surface area contributed by atoms with Gasteiger partial charge in [0.2, 0.25) is 10.0 Å². The normalized spacial score (nSPS) is 13.0. The fraction of sp³-hybridized carbons (Fsp3) is 0.250. The molecule has 0 heterocycles. The SMILES string of the molecule is C[C@@H](CNS(=O)(=O)Cc1ccc(Cl)cc1Cl)c1ccccc1. The molecule has 2 aromatic carbocycles. The summed E-state index contributed by atoms with van der Waals surface area (Å²) in [6.07, 6.45) is 0. The smallest absolute Gasteiger partial charge is 0.214 e. The molecular weight excluding hydrogens is 341 g/mol. The highest BCUT2D eigenvalue weighted by Gasteiger charge is 2.16. The first-order valence-corrected chi connectivity index (χ1v) is 9.24. The third-order valence-corrected chi connectivity index (χ3v) is 5.22. The van der Waals surface area contributed by atoms with Crippen molar-refractivity contribution in [3.05, 3.63) is 69.7 Å². The molecule has 22 heavy (non-hydrogen) atoms. The van der Waals surface area contributed by atoms with Gasteiger partial charge in [0.1, 0.15) is 0 Å². The molecule has 0 saturated heterocycles. The minimum atomic E-state index is -3.45. The lowest BCUT2D eigenvalue weighted by molar-refractivity contribution is 0.574. The molecule has 0 amide bonds. The standard InChI is InChI=1S/C16H17Cl2NO2S/c1-12(13-5-3-2-4-6-13)10-19-22(20,21)11-14-7-8-15(17)9-16(14)18/h2-9,12,19H,10-11H2,1H3/t12-/m0/s1. The second-order valence-electron chi connectivity index (χ2n) is 5.16. The Kier molecular flexibility index (Phi) is 5.87. The average Bonchev–Trinajstić information content (AvgIpc) is 2.49. The predicted molar refractivity (Wildman–Crippen MR) is 91.9 cm³/mol. The van der Waals surface area contributed by atoms with Gasteiger partial charge in [0.15, 0.2) is 0 Å². The molecule has 2 aromatic rings. The maximum absolute atomic E-state index is 12.2. The van der Waals surface area contributed by atoms with Gasteiger partial charge in [-0.3, -0.25) is 0 Å². The van der Waals surface area contributed by atoms with Crippen LogP contribution in [0.25, 0.3) is 0 Å². The number of rotatable bonds is 6. The first-order chi connectivity index (χ1) is 10.4. The quantitative estimate of drug-likeness (QED) is 0.841. The van der Waals surface area contributed by atoms with Crippen molar-refractivity contribution >= 4 is 33.2 Å².